The van der Waals surface area contributed by atoms with Gasteiger partial charge in [-0.3, -0.25) is 5.32 Å². The van der Waals surface area contributed by atoms with Crippen LogP contribution in [-0.2, 0) is 6.42 Å². The van der Waals surface area contributed by atoms with Crippen LogP contribution in [0.25, 0.3) is 0 Å². The van der Waals surface area contributed by atoms with Crippen molar-refractivity contribution >= 4 is 27.8 Å². The Balaban J connectivity index is 1.82. The summed E-state index contributed by atoms with van der Waals surface area (Å²) < 4.78 is 16.2. The lowest BCUT2D eigenvalue weighted by molar-refractivity contribution is 0.251. The number of amides is 2. The summed E-state index contributed by atoms with van der Waals surface area (Å²) in [5.74, 6) is 1.74. The van der Waals surface area contributed by atoms with Crippen LogP contribution in [0.15, 0.2) is 39.4 Å². The maximum Gasteiger partial charge on any atom is 0.321 e. The third-order valence-electron chi connectivity index (χ3n) is 2.96. The van der Waals surface area contributed by atoms with Crippen LogP contribution in [0.2, 0.25) is 0 Å². The van der Waals surface area contributed by atoms with Crippen molar-refractivity contribution in [2.24, 2.45) is 0 Å². The number of nitrogens with one attached hydrogen (secondary N) is 2. The first-order chi connectivity index (χ1) is 10.6. The molecule has 2 N–H and O–H groups in total. The summed E-state index contributed by atoms with van der Waals surface area (Å²) in [6, 6.07) is 8.72. The van der Waals surface area contributed by atoms with Gasteiger partial charge in [-0.15, -0.1) is 0 Å². The molecule has 0 aliphatic rings. The molecule has 1 aromatic carbocycles. The van der Waals surface area contributed by atoms with Gasteiger partial charge in [0.25, 0.3) is 0 Å². The molecule has 0 saturated carbocycles. The van der Waals surface area contributed by atoms with Crippen LogP contribution in [0.4, 0.5) is 10.7 Å². The molecule has 0 radical (unpaired) electrons. The van der Waals surface area contributed by atoms with E-state index in [-0.39, 0.29) is 6.03 Å². The first-order valence-corrected chi connectivity index (χ1v) is 7.42. The number of rotatable bonds is 6. The van der Waals surface area contributed by atoms with E-state index in [0.29, 0.717) is 35.0 Å². The maximum absolute atomic E-state index is 11.7. The summed E-state index contributed by atoms with van der Waals surface area (Å²) in [7, 11) is 3.19. The third kappa shape index (κ3) is 4.42. The van der Waals surface area contributed by atoms with Gasteiger partial charge in [-0.2, -0.15) is 0 Å². The molecule has 0 aliphatic carbocycles. The Morgan fingerprint density at radius 1 is 1.18 bits per heavy atom. The van der Waals surface area contributed by atoms with Crippen LogP contribution >= 0.6 is 15.9 Å². The van der Waals surface area contributed by atoms with Crippen molar-refractivity contribution in [1.82, 2.24) is 5.32 Å². The quantitative estimate of drug-likeness (QED) is 0.819. The predicted octanol–water partition coefficient (Wildman–Crippen LogP) is 3.42. The summed E-state index contributed by atoms with van der Waals surface area (Å²) in [5, 5.41) is 5.36. The molecule has 2 rings (SSSR count). The molecular weight excluding hydrogens is 352 g/mol. The monoisotopic (exact) mass is 368 g/mol. The number of halogens is 1. The minimum Gasteiger partial charge on any atom is -0.493 e. The van der Waals surface area contributed by atoms with Gasteiger partial charge in [-0.1, -0.05) is 6.07 Å². The molecule has 22 heavy (non-hydrogen) atoms. The van der Waals surface area contributed by atoms with E-state index in [9.17, 15) is 4.79 Å². The van der Waals surface area contributed by atoms with Crippen LogP contribution in [0, 0.1) is 0 Å². The Labute approximate surface area is 136 Å². The number of hydrogen-bond acceptors (Lipinski definition) is 4. The number of anilines is 1. The summed E-state index contributed by atoms with van der Waals surface area (Å²) in [5.41, 5.74) is 1.04. The average Bonchev–Trinajstić information content (AvgIpc) is 2.92. The van der Waals surface area contributed by atoms with Gasteiger partial charge < -0.3 is 19.2 Å². The smallest absolute Gasteiger partial charge is 0.321 e. The van der Waals surface area contributed by atoms with Crippen molar-refractivity contribution in [3.05, 3.63) is 40.6 Å². The van der Waals surface area contributed by atoms with Gasteiger partial charge in [0.1, 0.15) is 0 Å². The highest BCUT2D eigenvalue weighted by atomic mass is 79.9. The van der Waals surface area contributed by atoms with Crippen LogP contribution in [0.5, 0.6) is 11.5 Å². The molecule has 0 atom stereocenters. The Morgan fingerprint density at radius 2 is 1.95 bits per heavy atom. The fourth-order valence-corrected chi connectivity index (χ4v) is 2.20. The number of hydrogen-bond donors (Lipinski definition) is 2. The number of ether oxygens (including phenoxy) is 2. The second-order valence-electron chi connectivity index (χ2n) is 4.42. The van der Waals surface area contributed by atoms with E-state index < -0.39 is 0 Å². The minimum absolute atomic E-state index is 0.317. The molecule has 0 unspecified atom stereocenters. The largest absolute Gasteiger partial charge is 0.493 e. The fourth-order valence-electron chi connectivity index (χ4n) is 1.89. The normalized spacial score (nSPS) is 10.1. The number of benzene rings is 1. The predicted molar refractivity (Wildman–Crippen MR) is 86.7 cm³/mol. The van der Waals surface area contributed by atoms with Crippen molar-refractivity contribution in [3.8, 4) is 11.5 Å². The van der Waals surface area contributed by atoms with E-state index in [1.54, 1.807) is 26.4 Å². The van der Waals surface area contributed by atoms with Gasteiger partial charge in [-0.25, -0.2) is 4.79 Å². The summed E-state index contributed by atoms with van der Waals surface area (Å²) >= 11 is 3.17. The lowest BCUT2D eigenvalue weighted by atomic mass is 10.1. The van der Waals surface area contributed by atoms with Gasteiger partial charge in [0.15, 0.2) is 16.2 Å². The van der Waals surface area contributed by atoms with E-state index in [0.717, 1.165) is 5.56 Å². The van der Waals surface area contributed by atoms with Crippen molar-refractivity contribution < 1.29 is 18.7 Å². The first-order valence-electron chi connectivity index (χ1n) is 6.63. The second kappa shape index (κ2) is 7.74. The number of carbonyl (C=O) groups is 1. The molecule has 0 aliphatic heterocycles. The zero-order chi connectivity index (χ0) is 15.9. The SMILES string of the molecule is COc1ccc(CCNC(=O)Nc2ccc(Br)o2)cc1OC. The molecular formula is C15H17BrN2O4. The maximum atomic E-state index is 11.7. The summed E-state index contributed by atoms with van der Waals surface area (Å²) in [6.07, 6.45) is 0.676. The number of methoxy groups -OCH3 is 2. The van der Waals surface area contributed by atoms with E-state index in [1.165, 1.54) is 0 Å². The topological polar surface area (TPSA) is 72.7 Å². The molecule has 6 nitrogen and oxygen atoms in total. The molecule has 0 fully saturated rings. The van der Waals surface area contributed by atoms with E-state index in [1.807, 2.05) is 18.2 Å². The highest BCUT2D eigenvalue weighted by Crippen LogP contribution is 2.27. The molecule has 7 heteroatoms. The van der Waals surface area contributed by atoms with Gasteiger partial charge in [0.05, 0.1) is 14.2 Å². The van der Waals surface area contributed by atoms with Crippen molar-refractivity contribution in [3.63, 3.8) is 0 Å². The zero-order valence-electron chi connectivity index (χ0n) is 12.3. The molecule has 118 valence electrons. The molecule has 0 bridgehead atoms. The lowest BCUT2D eigenvalue weighted by Crippen LogP contribution is -2.30. The number of furan rings is 1. The Kier molecular flexibility index (Phi) is 5.71. The molecule has 0 saturated heterocycles. The second-order valence-corrected chi connectivity index (χ2v) is 5.21. The standard InChI is InChI=1S/C15H17BrN2O4/c1-20-11-4-3-10(9-12(11)21-2)7-8-17-15(19)18-14-6-5-13(16)22-14/h3-6,9H,7-8H2,1-2H3,(H2,17,18,19). The van der Waals surface area contributed by atoms with Crippen molar-refractivity contribution in [1.29, 1.82) is 0 Å². The summed E-state index contributed by atoms with van der Waals surface area (Å²) in [6.45, 7) is 0.489. The van der Waals surface area contributed by atoms with E-state index >= 15 is 0 Å². The molecule has 2 amide bonds. The Hall–Kier alpha value is -2.15. The van der Waals surface area contributed by atoms with E-state index in [2.05, 4.69) is 26.6 Å². The van der Waals surface area contributed by atoms with Crippen molar-refractivity contribution in [2.75, 3.05) is 26.1 Å². The fraction of sp³-hybridized carbons (Fsp3) is 0.267. The molecule has 0 spiro atoms. The van der Waals surface area contributed by atoms with Crippen LogP contribution in [0.3, 0.4) is 0 Å². The first kappa shape index (κ1) is 16.2. The summed E-state index contributed by atoms with van der Waals surface area (Å²) in [4.78, 5) is 11.7. The number of urea groups is 1. The van der Waals surface area contributed by atoms with Crippen LogP contribution < -0.4 is 20.1 Å². The van der Waals surface area contributed by atoms with Gasteiger partial charge in [0, 0.05) is 12.6 Å². The van der Waals surface area contributed by atoms with Crippen molar-refractivity contribution in [2.45, 2.75) is 6.42 Å². The minimum atomic E-state index is -0.317. The zero-order valence-corrected chi connectivity index (χ0v) is 13.9. The molecule has 1 aromatic heterocycles. The van der Waals surface area contributed by atoms with Gasteiger partial charge in [-0.05, 0) is 46.1 Å². The Bertz CT molecular complexity index is 642. The van der Waals surface area contributed by atoms with Gasteiger partial charge >= 0.3 is 6.03 Å². The third-order valence-corrected chi connectivity index (χ3v) is 3.38. The van der Waals surface area contributed by atoms with Gasteiger partial charge in [0.2, 0.25) is 5.88 Å². The van der Waals surface area contributed by atoms with E-state index in [4.69, 9.17) is 13.9 Å². The molecule has 2 aromatic rings. The average molecular weight is 369 g/mol. The number of carbonyl (C=O) groups excluding carboxylic acids is 1. The Morgan fingerprint density at radius 3 is 2.59 bits per heavy atom. The lowest BCUT2D eigenvalue weighted by Gasteiger charge is -2.10. The highest BCUT2D eigenvalue weighted by Gasteiger charge is 2.07. The van der Waals surface area contributed by atoms with Crippen LogP contribution in [0.1, 0.15) is 5.56 Å². The highest BCUT2D eigenvalue weighted by molar-refractivity contribution is 9.10. The van der Waals surface area contributed by atoms with Crippen LogP contribution in [-0.4, -0.2) is 26.8 Å². The molecule has 1 heterocycles.